The number of hydrogen-bond acceptors (Lipinski definition) is 3. The van der Waals surface area contributed by atoms with Crippen LogP contribution in [0.4, 0.5) is 0 Å². The summed E-state index contributed by atoms with van der Waals surface area (Å²) in [5.74, 6) is 0. The molecule has 12 heavy (non-hydrogen) atoms. The van der Waals surface area contributed by atoms with Gasteiger partial charge in [0.15, 0.2) is 0 Å². The maximum Gasteiger partial charge on any atom is 0.335 e. The standard InChI is InChI=1S/C8H19NO2Si/c1-2-12(10,11)8-5-3-7(9)4-6-8/h7-8,10-11H,2-6,9H2,1H3. The van der Waals surface area contributed by atoms with Gasteiger partial charge in [-0.2, -0.15) is 0 Å². The number of hydrogen-bond donors (Lipinski definition) is 3. The van der Waals surface area contributed by atoms with Gasteiger partial charge in [0.05, 0.1) is 0 Å². The van der Waals surface area contributed by atoms with Crippen LogP contribution in [0.5, 0.6) is 0 Å². The van der Waals surface area contributed by atoms with Crippen molar-refractivity contribution >= 4 is 8.56 Å². The van der Waals surface area contributed by atoms with Gasteiger partial charge in [-0.05, 0) is 31.7 Å². The minimum Gasteiger partial charge on any atom is -0.410 e. The van der Waals surface area contributed by atoms with Gasteiger partial charge in [0.1, 0.15) is 0 Å². The van der Waals surface area contributed by atoms with Crippen LogP contribution < -0.4 is 5.73 Å². The zero-order valence-corrected chi connectivity index (χ0v) is 8.66. The molecule has 0 saturated heterocycles. The number of rotatable bonds is 2. The van der Waals surface area contributed by atoms with Crippen LogP contribution in [0.2, 0.25) is 11.6 Å². The van der Waals surface area contributed by atoms with Gasteiger partial charge in [-0.15, -0.1) is 0 Å². The molecule has 4 heteroatoms. The van der Waals surface area contributed by atoms with E-state index in [1.54, 1.807) is 0 Å². The first-order chi connectivity index (χ1) is 5.56. The highest BCUT2D eigenvalue weighted by Crippen LogP contribution is 2.35. The van der Waals surface area contributed by atoms with Gasteiger partial charge in [-0.1, -0.05) is 6.92 Å². The molecule has 1 fully saturated rings. The second-order valence-corrected chi connectivity index (χ2v) is 7.12. The molecule has 0 radical (unpaired) electrons. The normalized spacial score (nSPS) is 32.0. The van der Waals surface area contributed by atoms with Gasteiger partial charge in [0, 0.05) is 11.6 Å². The zero-order valence-electron chi connectivity index (χ0n) is 7.66. The summed E-state index contributed by atoms with van der Waals surface area (Å²) in [5, 5.41) is 0. The molecular weight excluding hydrogens is 170 g/mol. The lowest BCUT2D eigenvalue weighted by atomic mass is 9.96. The molecule has 0 unspecified atom stereocenters. The van der Waals surface area contributed by atoms with Crippen molar-refractivity contribution in [1.82, 2.24) is 0 Å². The van der Waals surface area contributed by atoms with Crippen LogP contribution >= 0.6 is 0 Å². The first-order valence-corrected chi connectivity index (χ1v) is 6.94. The molecular formula is C8H19NO2Si. The van der Waals surface area contributed by atoms with E-state index in [9.17, 15) is 9.59 Å². The van der Waals surface area contributed by atoms with Gasteiger partial charge >= 0.3 is 8.56 Å². The fourth-order valence-corrected chi connectivity index (χ4v) is 3.71. The van der Waals surface area contributed by atoms with Gasteiger partial charge in [-0.3, -0.25) is 0 Å². The molecule has 0 heterocycles. The summed E-state index contributed by atoms with van der Waals surface area (Å²) >= 11 is 0. The van der Waals surface area contributed by atoms with Crippen molar-refractivity contribution in [2.24, 2.45) is 5.73 Å². The van der Waals surface area contributed by atoms with E-state index >= 15 is 0 Å². The van der Waals surface area contributed by atoms with Crippen molar-refractivity contribution in [2.75, 3.05) is 0 Å². The summed E-state index contributed by atoms with van der Waals surface area (Å²) in [6.07, 6.45) is 3.74. The van der Waals surface area contributed by atoms with Crippen molar-refractivity contribution < 1.29 is 9.59 Å². The lowest BCUT2D eigenvalue weighted by Gasteiger charge is -2.32. The van der Waals surface area contributed by atoms with Crippen LogP contribution in [0.25, 0.3) is 0 Å². The van der Waals surface area contributed by atoms with E-state index in [0.29, 0.717) is 12.1 Å². The van der Waals surface area contributed by atoms with Crippen molar-refractivity contribution in [2.45, 2.75) is 50.2 Å². The zero-order chi connectivity index (χ0) is 9.19. The van der Waals surface area contributed by atoms with E-state index in [4.69, 9.17) is 5.73 Å². The Balaban J connectivity index is 2.44. The molecule has 0 aromatic heterocycles. The Bertz CT molecular complexity index is 144. The summed E-state index contributed by atoms with van der Waals surface area (Å²) < 4.78 is 0. The fourth-order valence-electron chi connectivity index (χ4n) is 1.87. The molecule has 0 aliphatic heterocycles. The van der Waals surface area contributed by atoms with E-state index in [1.165, 1.54) is 0 Å². The van der Waals surface area contributed by atoms with E-state index in [2.05, 4.69) is 0 Å². The van der Waals surface area contributed by atoms with Crippen molar-refractivity contribution in [3.8, 4) is 0 Å². The SMILES string of the molecule is CC[Si](O)(O)C1CCC(N)CC1. The monoisotopic (exact) mass is 189 g/mol. The van der Waals surface area contributed by atoms with Gasteiger partial charge in [0.2, 0.25) is 0 Å². The summed E-state index contributed by atoms with van der Waals surface area (Å²) in [6, 6.07) is 0.843. The first kappa shape index (κ1) is 10.2. The van der Waals surface area contributed by atoms with E-state index < -0.39 is 8.56 Å². The summed E-state index contributed by atoms with van der Waals surface area (Å²) in [6.45, 7) is 1.86. The second-order valence-electron chi connectivity index (χ2n) is 3.84. The summed E-state index contributed by atoms with van der Waals surface area (Å²) in [7, 11) is -2.86. The van der Waals surface area contributed by atoms with Crippen LogP contribution in [0.15, 0.2) is 0 Å². The third-order valence-corrected chi connectivity index (χ3v) is 5.87. The Hall–Kier alpha value is 0.0969. The van der Waals surface area contributed by atoms with Crippen LogP contribution in [0.1, 0.15) is 32.6 Å². The van der Waals surface area contributed by atoms with Crippen LogP contribution in [-0.2, 0) is 0 Å². The van der Waals surface area contributed by atoms with Gasteiger partial charge in [0.25, 0.3) is 0 Å². The fraction of sp³-hybridized carbons (Fsp3) is 1.00. The molecule has 0 atom stereocenters. The van der Waals surface area contributed by atoms with E-state index in [0.717, 1.165) is 25.7 Å². The van der Waals surface area contributed by atoms with Crippen molar-refractivity contribution in [3.63, 3.8) is 0 Å². The molecule has 1 aliphatic carbocycles. The highest BCUT2D eigenvalue weighted by molar-refractivity contribution is 6.66. The van der Waals surface area contributed by atoms with Gasteiger partial charge < -0.3 is 15.3 Å². The molecule has 1 saturated carbocycles. The van der Waals surface area contributed by atoms with Crippen molar-refractivity contribution in [1.29, 1.82) is 0 Å². The average Bonchev–Trinajstić information content (AvgIpc) is 2.05. The minimum atomic E-state index is -2.86. The predicted octanol–water partition coefficient (Wildman–Crippen LogP) is 0.705. The molecule has 4 N–H and O–H groups in total. The number of nitrogens with two attached hydrogens (primary N) is 1. The summed E-state index contributed by atoms with van der Waals surface area (Å²) in [4.78, 5) is 19.4. The Morgan fingerprint density at radius 3 is 2.17 bits per heavy atom. The van der Waals surface area contributed by atoms with E-state index in [-0.39, 0.29) is 5.54 Å². The first-order valence-electron chi connectivity index (χ1n) is 4.76. The van der Waals surface area contributed by atoms with E-state index in [1.807, 2.05) is 6.92 Å². The quantitative estimate of drug-likeness (QED) is 0.560. The van der Waals surface area contributed by atoms with Crippen LogP contribution in [0, 0.1) is 0 Å². The molecule has 1 rings (SSSR count). The topological polar surface area (TPSA) is 66.5 Å². The molecule has 72 valence electrons. The highest BCUT2D eigenvalue weighted by Gasteiger charge is 2.39. The average molecular weight is 189 g/mol. The van der Waals surface area contributed by atoms with Gasteiger partial charge in [-0.25, -0.2) is 0 Å². The molecule has 0 amide bonds. The second kappa shape index (κ2) is 3.87. The largest absolute Gasteiger partial charge is 0.410 e. The Kier molecular flexibility index (Phi) is 3.28. The molecule has 1 aliphatic rings. The lowest BCUT2D eigenvalue weighted by Crippen LogP contribution is -2.42. The van der Waals surface area contributed by atoms with Crippen LogP contribution in [0.3, 0.4) is 0 Å². The van der Waals surface area contributed by atoms with Crippen LogP contribution in [-0.4, -0.2) is 24.2 Å². The molecule has 0 bridgehead atoms. The Morgan fingerprint density at radius 2 is 1.75 bits per heavy atom. The van der Waals surface area contributed by atoms with Crippen molar-refractivity contribution in [3.05, 3.63) is 0 Å². The smallest absolute Gasteiger partial charge is 0.335 e. The molecule has 0 spiro atoms. The minimum absolute atomic E-state index is 0.169. The predicted molar refractivity (Wildman–Crippen MR) is 50.9 cm³/mol. The Morgan fingerprint density at radius 1 is 1.25 bits per heavy atom. The maximum absolute atomic E-state index is 9.69. The lowest BCUT2D eigenvalue weighted by molar-refractivity contribution is 0.303. The molecule has 0 aromatic carbocycles. The highest BCUT2D eigenvalue weighted by atomic mass is 28.4. The molecule has 0 aromatic rings. The molecule has 3 nitrogen and oxygen atoms in total. The maximum atomic E-state index is 9.69. The third kappa shape index (κ3) is 2.29. The summed E-state index contributed by atoms with van der Waals surface area (Å²) in [5.41, 5.74) is 5.90. The Labute approximate surface area is 74.8 Å². The third-order valence-electron chi connectivity index (χ3n) is 2.95.